The molecule has 0 atom stereocenters. The molecule has 0 fully saturated rings. The molecular weight excluding hydrogens is 592 g/mol. The summed E-state index contributed by atoms with van der Waals surface area (Å²) in [6.07, 6.45) is 8.16. The van der Waals surface area contributed by atoms with Crippen molar-refractivity contribution in [3.05, 3.63) is 119 Å². The summed E-state index contributed by atoms with van der Waals surface area (Å²) >= 11 is 0. The van der Waals surface area contributed by atoms with E-state index in [0.29, 0.717) is 30.8 Å². The maximum atomic E-state index is 12.4. The first-order valence-corrected chi connectivity index (χ1v) is 16.1. The largest absolute Gasteiger partial charge is 0.494 e. The number of ether oxygens (including phenoxy) is 4. The molecule has 0 heterocycles. The van der Waals surface area contributed by atoms with Crippen LogP contribution >= 0.6 is 0 Å². The molecule has 0 aliphatic rings. The molecule has 0 unspecified atom stereocenters. The van der Waals surface area contributed by atoms with Crippen molar-refractivity contribution in [2.45, 2.75) is 46.0 Å². The Morgan fingerprint density at radius 2 is 0.894 bits per heavy atom. The molecule has 0 N–H and O–H groups in total. The first kappa shape index (κ1) is 34.6. The lowest BCUT2D eigenvalue weighted by molar-refractivity contribution is 0.0396. The monoisotopic (exact) mass is 634 g/mol. The van der Waals surface area contributed by atoms with E-state index < -0.39 is 11.9 Å². The number of rotatable bonds is 18. The third kappa shape index (κ3) is 12.2. The summed E-state index contributed by atoms with van der Waals surface area (Å²) in [5.74, 6) is 0.793. The van der Waals surface area contributed by atoms with Crippen molar-refractivity contribution >= 4 is 35.7 Å². The normalized spacial score (nSPS) is 11.1. The van der Waals surface area contributed by atoms with Gasteiger partial charge in [-0.1, -0.05) is 26.7 Å². The van der Waals surface area contributed by atoms with Gasteiger partial charge < -0.3 is 18.9 Å². The maximum absolute atomic E-state index is 12.4. The van der Waals surface area contributed by atoms with Crippen LogP contribution in [0.15, 0.2) is 107 Å². The van der Waals surface area contributed by atoms with Crippen molar-refractivity contribution in [2.24, 2.45) is 9.98 Å². The van der Waals surface area contributed by atoms with Crippen LogP contribution in [0.1, 0.15) is 77.8 Å². The molecule has 4 aromatic carbocycles. The summed E-state index contributed by atoms with van der Waals surface area (Å²) in [6, 6.07) is 29.3. The van der Waals surface area contributed by atoms with Crippen molar-refractivity contribution in [1.82, 2.24) is 0 Å². The lowest BCUT2D eigenvalue weighted by Crippen LogP contribution is -2.11. The van der Waals surface area contributed by atoms with Crippen LogP contribution in [0, 0.1) is 0 Å². The third-order valence-electron chi connectivity index (χ3n) is 6.98. The van der Waals surface area contributed by atoms with Crippen molar-refractivity contribution in [2.75, 3.05) is 26.4 Å². The van der Waals surface area contributed by atoms with Crippen molar-refractivity contribution in [3.63, 3.8) is 0 Å². The minimum Gasteiger partial charge on any atom is -0.494 e. The molecule has 0 saturated carbocycles. The SMILES string of the molecule is CCCCOc1ccc(C=Nc2ccc(C(=O)OCCCOC(=O)c3ccc(N=Cc4ccc(OCCCC)cc4)cc3)cc2)cc1. The minimum absolute atomic E-state index is 0.129. The van der Waals surface area contributed by atoms with Gasteiger partial charge in [-0.05, 0) is 121 Å². The fraction of sp³-hybridized carbons (Fsp3) is 0.282. The Balaban J connectivity index is 1.13. The van der Waals surface area contributed by atoms with Gasteiger partial charge in [-0.15, -0.1) is 0 Å². The average molecular weight is 635 g/mol. The van der Waals surface area contributed by atoms with Gasteiger partial charge in [0.1, 0.15) is 11.5 Å². The van der Waals surface area contributed by atoms with Crippen LogP contribution in [0.3, 0.4) is 0 Å². The molecule has 0 amide bonds. The van der Waals surface area contributed by atoms with Crippen molar-refractivity contribution < 1.29 is 28.5 Å². The molecule has 0 bridgehead atoms. The Labute approximate surface area is 277 Å². The van der Waals surface area contributed by atoms with E-state index in [1.54, 1.807) is 61.0 Å². The number of aliphatic imine (C=N–C) groups is 2. The molecular formula is C39H42N2O6. The first-order valence-electron chi connectivity index (χ1n) is 16.1. The molecule has 0 saturated heterocycles. The highest BCUT2D eigenvalue weighted by molar-refractivity contribution is 5.91. The second-order valence-corrected chi connectivity index (χ2v) is 10.8. The highest BCUT2D eigenvalue weighted by Crippen LogP contribution is 2.18. The molecule has 0 aliphatic heterocycles. The molecule has 0 radical (unpaired) electrons. The van der Waals surface area contributed by atoms with E-state index >= 15 is 0 Å². The van der Waals surface area contributed by atoms with Crippen molar-refractivity contribution in [3.8, 4) is 11.5 Å². The topological polar surface area (TPSA) is 95.8 Å². The van der Waals surface area contributed by atoms with Crippen LogP contribution in [0.25, 0.3) is 0 Å². The summed E-state index contributed by atoms with van der Waals surface area (Å²) in [5.41, 5.74) is 4.18. The zero-order valence-electron chi connectivity index (χ0n) is 27.1. The van der Waals surface area contributed by atoms with Gasteiger partial charge in [0.05, 0.1) is 48.9 Å². The van der Waals surface area contributed by atoms with Crippen LogP contribution in [-0.2, 0) is 9.47 Å². The van der Waals surface area contributed by atoms with Crippen LogP contribution in [0.5, 0.6) is 11.5 Å². The maximum Gasteiger partial charge on any atom is 0.338 e. The van der Waals surface area contributed by atoms with E-state index in [2.05, 4.69) is 23.8 Å². The number of carbonyl (C=O) groups excluding carboxylic acids is 2. The quantitative estimate of drug-likeness (QED) is 0.0616. The number of carbonyl (C=O) groups is 2. The zero-order valence-corrected chi connectivity index (χ0v) is 27.1. The van der Waals surface area contributed by atoms with E-state index in [4.69, 9.17) is 18.9 Å². The molecule has 8 nitrogen and oxygen atoms in total. The molecule has 8 heteroatoms. The Morgan fingerprint density at radius 1 is 0.511 bits per heavy atom. The number of nitrogens with zero attached hydrogens (tertiary/aromatic N) is 2. The van der Waals surface area contributed by atoms with Gasteiger partial charge in [-0.2, -0.15) is 0 Å². The number of esters is 2. The number of hydrogen-bond acceptors (Lipinski definition) is 8. The Kier molecular flexibility index (Phi) is 14.2. The van der Waals surface area contributed by atoms with Gasteiger partial charge in [-0.25, -0.2) is 9.59 Å². The molecule has 0 aromatic heterocycles. The molecule has 0 aliphatic carbocycles. The van der Waals surface area contributed by atoms with Crippen LogP contribution in [-0.4, -0.2) is 50.8 Å². The van der Waals surface area contributed by atoms with Crippen LogP contribution in [0.2, 0.25) is 0 Å². The second-order valence-electron chi connectivity index (χ2n) is 10.8. The fourth-order valence-electron chi connectivity index (χ4n) is 4.19. The predicted octanol–water partition coefficient (Wildman–Crippen LogP) is 8.95. The fourth-order valence-corrected chi connectivity index (χ4v) is 4.19. The Hall–Kier alpha value is -5.24. The van der Waals surface area contributed by atoms with Crippen molar-refractivity contribution in [1.29, 1.82) is 0 Å². The number of benzene rings is 4. The van der Waals surface area contributed by atoms with Gasteiger partial charge in [0.15, 0.2) is 0 Å². The average Bonchev–Trinajstić information content (AvgIpc) is 3.11. The lowest BCUT2D eigenvalue weighted by atomic mass is 10.2. The highest BCUT2D eigenvalue weighted by atomic mass is 16.5. The van der Waals surface area contributed by atoms with Gasteiger partial charge in [-0.3, -0.25) is 9.98 Å². The summed E-state index contributed by atoms with van der Waals surface area (Å²) in [7, 11) is 0. The number of hydrogen-bond donors (Lipinski definition) is 0. The van der Waals surface area contributed by atoms with E-state index in [0.717, 1.165) is 59.7 Å². The standard InChI is InChI=1S/C39H42N2O6/c1-3-5-24-44-36-20-8-30(9-21-36)28-40-34-16-12-32(13-17-34)38(42)46-26-7-27-47-39(43)33-14-18-35(19-15-33)41-29-31-10-22-37(23-11-31)45-25-6-4-2/h8-23,28-29H,3-7,24-27H2,1-2H3. The van der Waals surface area contributed by atoms with E-state index in [1.807, 2.05) is 48.5 Å². The van der Waals surface area contributed by atoms with Gasteiger partial charge >= 0.3 is 11.9 Å². The van der Waals surface area contributed by atoms with E-state index in [9.17, 15) is 9.59 Å². The molecule has 4 aromatic rings. The summed E-state index contributed by atoms with van der Waals surface area (Å²) in [6.45, 7) is 5.95. The lowest BCUT2D eigenvalue weighted by Gasteiger charge is -2.07. The minimum atomic E-state index is -0.446. The predicted molar refractivity (Wildman–Crippen MR) is 186 cm³/mol. The summed E-state index contributed by atoms with van der Waals surface area (Å²) < 4.78 is 22.0. The molecule has 47 heavy (non-hydrogen) atoms. The second kappa shape index (κ2) is 19.3. The highest BCUT2D eigenvalue weighted by Gasteiger charge is 2.09. The summed E-state index contributed by atoms with van der Waals surface area (Å²) in [5, 5.41) is 0. The first-order chi connectivity index (χ1) is 23.0. The molecule has 4 rings (SSSR count). The zero-order chi connectivity index (χ0) is 33.1. The Morgan fingerprint density at radius 3 is 1.26 bits per heavy atom. The Bertz CT molecular complexity index is 1460. The van der Waals surface area contributed by atoms with E-state index in [-0.39, 0.29) is 13.2 Å². The smallest absolute Gasteiger partial charge is 0.338 e. The van der Waals surface area contributed by atoms with Gasteiger partial charge in [0.25, 0.3) is 0 Å². The van der Waals surface area contributed by atoms with Gasteiger partial charge in [0.2, 0.25) is 0 Å². The molecule has 0 spiro atoms. The summed E-state index contributed by atoms with van der Waals surface area (Å²) in [4.78, 5) is 33.8. The van der Waals surface area contributed by atoms with Gasteiger partial charge in [0, 0.05) is 18.9 Å². The molecule has 244 valence electrons. The number of unbranched alkanes of at least 4 members (excludes halogenated alkanes) is 2. The van der Waals surface area contributed by atoms with E-state index in [1.165, 1.54) is 0 Å². The van der Waals surface area contributed by atoms with Crippen LogP contribution < -0.4 is 9.47 Å². The van der Waals surface area contributed by atoms with Crippen LogP contribution in [0.4, 0.5) is 11.4 Å². The third-order valence-corrected chi connectivity index (χ3v) is 6.98.